The highest BCUT2D eigenvalue weighted by molar-refractivity contribution is 7.34. The van der Waals surface area contributed by atoms with E-state index in [9.17, 15) is 0 Å². The summed E-state index contributed by atoms with van der Waals surface area (Å²) in [5.74, 6) is 2.12. The monoisotopic (exact) mass is 94.1 g/mol. The van der Waals surface area contributed by atoms with E-state index in [4.69, 9.17) is 0 Å². The number of rotatable bonds is 0. The van der Waals surface area contributed by atoms with Gasteiger partial charge in [0.25, 0.3) is 0 Å². The second-order valence-electron chi connectivity index (χ2n) is 1.96. The number of allylic oxidation sites excluding steroid dienone is 1. The Kier molecular flexibility index (Phi) is 0.927. The Morgan fingerprint density at radius 1 is 1.62 bits per heavy atom. The lowest BCUT2D eigenvalue weighted by atomic mass is 9.34. The van der Waals surface area contributed by atoms with E-state index in [-0.39, 0.29) is 0 Å². The smallest absolute Gasteiger partial charge is 0.206 e. The molecular formula is C4H2B4. The van der Waals surface area contributed by atoms with Gasteiger partial charge in [-0.05, 0) is 13.1 Å². The lowest BCUT2D eigenvalue weighted by molar-refractivity contribution is 1.90. The van der Waals surface area contributed by atoms with E-state index in [2.05, 4.69) is 40.6 Å². The summed E-state index contributed by atoms with van der Waals surface area (Å²) >= 11 is 0. The molecule has 8 heavy (non-hydrogen) atoms. The molecule has 0 N–H and O–H groups in total. The maximum Gasteiger partial charge on any atom is 0.206 e. The van der Waals surface area contributed by atoms with Gasteiger partial charge in [-0.15, -0.1) is 0 Å². The standard InChI is InChI=1S/C4H2B4/c1-3-2-6-8-4(3)7-5-1/h1-2H. The predicted molar refractivity (Wildman–Crippen MR) is 40.4 cm³/mol. The van der Waals surface area contributed by atoms with Crippen LogP contribution in [-0.4, -0.2) is 33.7 Å². The van der Waals surface area contributed by atoms with Gasteiger partial charge in [0, 0.05) is 5.57 Å². The van der Waals surface area contributed by atoms with Crippen molar-refractivity contribution in [1.82, 2.24) is 0 Å². The molecule has 0 atom stereocenters. The van der Waals surface area contributed by atoms with Crippen LogP contribution in [0.3, 0.4) is 0 Å². The van der Waals surface area contributed by atoms with Gasteiger partial charge in [0.2, 0.25) is 7.17 Å². The molecule has 0 nitrogen and oxygen atoms in total. The molecule has 0 saturated heterocycles. The normalized spacial score (nSPS) is 21.0. The van der Waals surface area contributed by atoms with Crippen LogP contribution in [0.5, 0.6) is 0 Å². The lowest BCUT2D eigenvalue weighted by Gasteiger charge is -1.93. The van der Waals surface area contributed by atoms with Crippen molar-refractivity contribution in [3.8, 4) is 0 Å². The fourth-order valence-corrected chi connectivity index (χ4v) is 1.01. The molecule has 0 unspecified atom stereocenters. The minimum Gasteiger partial charge on any atom is -0.276 e. The molecule has 30 valence electrons. The summed E-state index contributed by atoms with van der Waals surface area (Å²) in [5, 5.41) is 1.35. The minimum atomic E-state index is 1.35. The topological polar surface area (TPSA) is 0 Å². The summed E-state index contributed by atoms with van der Waals surface area (Å²) in [7, 11) is 6.27. The predicted octanol–water partition coefficient (Wildman–Crippen LogP) is -1.16. The van der Waals surface area contributed by atoms with Crippen LogP contribution in [0, 0.1) is 6.32 Å². The van der Waals surface area contributed by atoms with Crippen molar-refractivity contribution in [3.05, 3.63) is 17.9 Å². The molecular weight excluding hydrogens is 91.3 g/mol. The van der Waals surface area contributed by atoms with Gasteiger partial charge < -0.3 is 0 Å². The highest BCUT2D eigenvalue weighted by Gasteiger charge is 2.15. The Morgan fingerprint density at radius 3 is 3.50 bits per heavy atom. The Labute approximate surface area is 52.3 Å². The van der Waals surface area contributed by atoms with Crippen molar-refractivity contribution in [2.45, 2.75) is 0 Å². The van der Waals surface area contributed by atoms with E-state index >= 15 is 0 Å². The SMILES string of the molecule is [B]1[B]C2=[B-][B][CH+]C2=C1. The summed E-state index contributed by atoms with van der Waals surface area (Å²) in [6.07, 6.45) is 2.12. The molecule has 2 aliphatic rings. The first-order chi connectivity index (χ1) is 3.97. The zero-order valence-electron chi connectivity index (χ0n) is 4.46. The molecule has 2 rings (SSSR count). The van der Waals surface area contributed by atoms with Crippen molar-refractivity contribution in [3.63, 3.8) is 0 Å². The van der Waals surface area contributed by atoms with E-state index < -0.39 is 0 Å². The third-order valence-corrected chi connectivity index (χ3v) is 1.44. The van der Waals surface area contributed by atoms with Crippen LogP contribution < -0.4 is 0 Å². The van der Waals surface area contributed by atoms with Crippen LogP contribution in [-0.2, 0) is 0 Å². The molecule has 4 radical (unpaired) electrons. The van der Waals surface area contributed by atoms with Gasteiger partial charge in [0.1, 0.15) is 0 Å². The summed E-state index contributed by atoms with van der Waals surface area (Å²) in [6, 6.07) is 0. The summed E-state index contributed by atoms with van der Waals surface area (Å²) < 4.78 is 0. The Balaban J connectivity index is 2.37. The first kappa shape index (κ1) is 4.60. The van der Waals surface area contributed by atoms with Crippen LogP contribution in [0.1, 0.15) is 0 Å². The van der Waals surface area contributed by atoms with Gasteiger partial charge in [-0.3, -0.25) is 12.2 Å². The summed E-state index contributed by atoms with van der Waals surface area (Å²) in [6.45, 7) is 2.12. The molecule has 2 heterocycles. The number of fused-ring (bicyclic) bond motifs is 1. The Bertz CT molecular complexity index is 149. The maximum atomic E-state index is 2.12. The lowest BCUT2D eigenvalue weighted by Crippen LogP contribution is -2.09. The average molecular weight is 93.3 g/mol. The van der Waals surface area contributed by atoms with E-state index in [1.807, 2.05) is 0 Å². The average Bonchev–Trinajstić information content (AvgIpc) is 2.15. The third kappa shape index (κ3) is 0.520. The second-order valence-corrected chi connectivity index (χ2v) is 1.96. The van der Waals surface area contributed by atoms with Crippen molar-refractivity contribution in [2.24, 2.45) is 0 Å². The first-order valence-corrected chi connectivity index (χ1v) is 2.74. The molecule has 0 aromatic heterocycles. The molecule has 4 heteroatoms. The quantitative estimate of drug-likeness (QED) is 0.262. The van der Waals surface area contributed by atoms with Crippen LogP contribution in [0.15, 0.2) is 11.5 Å². The van der Waals surface area contributed by atoms with Gasteiger partial charge in [-0.1, -0.05) is 6.32 Å². The molecule has 0 aromatic carbocycles. The molecule has 0 aliphatic carbocycles. The zero-order valence-corrected chi connectivity index (χ0v) is 4.46. The van der Waals surface area contributed by atoms with Crippen molar-refractivity contribution in [1.29, 1.82) is 0 Å². The van der Waals surface area contributed by atoms with Crippen molar-refractivity contribution >= 4 is 33.7 Å². The van der Waals surface area contributed by atoms with E-state index in [0.29, 0.717) is 0 Å². The molecule has 0 bridgehead atoms. The van der Waals surface area contributed by atoms with Gasteiger partial charge in [-0.25, -0.2) is 0 Å². The van der Waals surface area contributed by atoms with Gasteiger partial charge >= 0.3 is 0 Å². The fraction of sp³-hybridized carbons (Fsp3) is 0. The van der Waals surface area contributed by atoms with E-state index in [0.717, 1.165) is 0 Å². The zero-order chi connectivity index (χ0) is 5.40. The molecule has 0 saturated carbocycles. The largest absolute Gasteiger partial charge is 0.276 e. The fourth-order valence-electron chi connectivity index (χ4n) is 1.01. The summed E-state index contributed by atoms with van der Waals surface area (Å²) in [4.78, 5) is 0. The van der Waals surface area contributed by atoms with Gasteiger partial charge in [0.05, 0.1) is 0 Å². The van der Waals surface area contributed by atoms with Crippen LogP contribution >= 0.6 is 0 Å². The number of hydrogen-bond acceptors (Lipinski definition) is 0. The molecule has 0 fully saturated rings. The van der Waals surface area contributed by atoms with Gasteiger partial charge in [0.15, 0.2) is 7.17 Å². The van der Waals surface area contributed by atoms with Crippen molar-refractivity contribution < 1.29 is 0 Å². The van der Waals surface area contributed by atoms with Gasteiger partial charge in [-0.2, -0.15) is 0 Å². The molecule has 0 aromatic rings. The summed E-state index contributed by atoms with van der Waals surface area (Å²) in [5.41, 5.74) is 1.35. The number of hydrogen-bond donors (Lipinski definition) is 0. The molecule has 2 aliphatic heterocycles. The third-order valence-electron chi connectivity index (χ3n) is 1.44. The Hall–Kier alpha value is -0.260. The highest BCUT2D eigenvalue weighted by atomic mass is 13.9. The van der Waals surface area contributed by atoms with Crippen LogP contribution in [0.2, 0.25) is 0 Å². The van der Waals surface area contributed by atoms with E-state index in [1.165, 1.54) is 10.9 Å². The van der Waals surface area contributed by atoms with Crippen LogP contribution in [0.4, 0.5) is 0 Å². The maximum absolute atomic E-state index is 2.12. The van der Waals surface area contributed by atoms with E-state index in [1.54, 1.807) is 0 Å². The first-order valence-electron chi connectivity index (χ1n) is 2.74. The second kappa shape index (κ2) is 1.61. The molecule has 0 spiro atoms. The molecule has 0 amide bonds. The van der Waals surface area contributed by atoms with Crippen molar-refractivity contribution in [2.75, 3.05) is 0 Å². The highest BCUT2D eigenvalue weighted by Crippen LogP contribution is 2.08. The Morgan fingerprint density at radius 2 is 2.62 bits per heavy atom. The van der Waals surface area contributed by atoms with Crippen LogP contribution in [0.25, 0.3) is 0 Å². The minimum absolute atomic E-state index is 1.35.